The van der Waals surface area contributed by atoms with Crippen molar-refractivity contribution in [3.8, 4) is 22.6 Å². The molecule has 0 aliphatic rings. The molecule has 6 aromatic rings. The van der Waals surface area contributed by atoms with Crippen LogP contribution in [-0.2, 0) is 0 Å². The molecule has 6 aromatic carbocycles. The molecule has 0 unspecified atom stereocenters. The van der Waals surface area contributed by atoms with Crippen molar-refractivity contribution in [3.63, 3.8) is 0 Å². The quantitative estimate of drug-likeness (QED) is 0.146. The molecule has 0 radical (unpaired) electrons. The standard InChI is InChI=1S/C38H34O2Si/c1-5-39-34-26-24-28-16-12-14-22-32(28)36(34)37-33-23-15-13-17-29(33)25-27-35(37)40-41(38(2,3)4,30-18-8-6-9-19-30)31-20-10-7-11-21-31/h5-27H,1H2,2-4H3. The van der Waals surface area contributed by atoms with Crippen molar-refractivity contribution in [1.82, 2.24) is 0 Å². The van der Waals surface area contributed by atoms with Crippen LogP contribution in [0.15, 0.2) is 146 Å². The Kier molecular flexibility index (Phi) is 6.98. The molecule has 0 aliphatic heterocycles. The van der Waals surface area contributed by atoms with Gasteiger partial charge in [-0.25, -0.2) is 0 Å². The van der Waals surface area contributed by atoms with Gasteiger partial charge < -0.3 is 9.16 Å². The van der Waals surface area contributed by atoms with Crippen LogP contribution in [0.3, 0.4) is 0 Å². The molecule has 0 aliphatic carbocycles. The van der Waals surface area contributed by atoms with E-state index in [1.165, 1.54) is 16.6 Å². The first-order chi connectivity index (χ1) is 19.9. The fourth-order valence-electron chi connectivity index (χ4n) is 6.11. The smallest absolute Gasteiger partial charge is 0.319 e. The maximum absolute atomic E-state index is 7.67. The van der Waals surface area contributed by atoms with E-state index in [4.69, 9.17) is 9.16 Å². The highest BCUT2D eigenvalue weighted by Gasteiger charge is 2.52. The van der Waals surface area contributed by atoms with E-state index in [2.05, 4.69) is 155 Å². The van der Waals surface area contributed by atoms with Gasteiger partial charge in [0, 0.05) is 11.1 Å². The number of fused-ring (bicyclic) bond motifs is 2. The van der Waals surface area contributed by atoms with Crippen LogP contribution in [0.25, 0.3) is 32.7 Å². The largest absolute Gasteiger partial charge is 0.534 e. The molecule has 0 N–H and O–H groups in total. The summed E-state index contributed by atoms with van der Waals surface area (Å²) in [4.78, 5) is 0. The van der Waals surface area contributed by atoms with Gasteiger partial charge in [0.05, 0.1) is 6.26 Å². The minimum Gasteiger partial charge on any atom is -0.534 e. The molecule has 0 amide bonds. The lowest BCUT2D eigenvalue weighted by atomic mass is 9.92. The van der Waals surface area contributed by atoms with Crippen molar-refractivity contribution >= 4 is 40.2 Å². The third-order valence-corrected chi connectivity index (χ3v) is 12.9. The van der Waals surface area contributed by atoms with Gasteiger partial charge in [-0.15, -0.1) is 0 Å². The number of benzene rings is 6. The van der Waals surface area contributed by atoms with Gasteiger partial charge in [0.1, 0.15) is 11.5 Å². The normalized spacial score (nSPS) is 11.9. The number of hydrogen-bond acceptors (Lipinski definition) is 2. The van der Waals surface area contributed by atoms with Crippen LogP contribution in [0.2, 0.25) is 5.04 Å². The Morgan fingerprint density at radius 3 is 1.46 bits per heavy atom. The summed E-state index contributed by atoms with van der Waals surface area (Å²) in [5.41, 5.74) is 2.04. The Balaban J connectivity index is 1.73. The highest BCUT2D eigenvalue weighted by Crippen LogP contribution is 2.48. The van der Waals surface area contributed by atoms with Crippen molar-refractivity contribution in [1.29, 1.82) is 0 Å². The van der Waals surface area contributed by atoms with E-state index in [9.17, 15) is 0 Å². The van der Waals surface area contributed by atoms with Gasteiger partial charge in [-0.1, -0.05) is 149 Å². The highest BCUT2D eigenvalue weighted by molar-refractivity contribution is 7.00. The summed E-state index contributed by atoms with van der Waals surface area (Å²) in [6.45, 7) is 10.8. The molecule has 0 spiro atoms. The highest BCUT2D eigenvalue weighted by atomic mass is 28.4. The van der Waals surface area contributed by atoms with Crippen LogP contribution in [0, 0.1) is 0 Å². The van der Waals surface area contributed by atoms with Gasteiger partial charge >= 0.3 is 8.32 Å². The van der Waals surface area contributed by atoms with E-state index < -0.39 is 8.32 Å². The van der Waals surface area contributed by atoms with E-state index in [-0.39, 0.29) is 5.04 Å². The lowest BCUT2D eigenvalue weighted by molar-refractivity contribution is 0.484. The Morgan fingerprint density at radius 1 is 0.537 bits per heavy atom. The van der Waals surface area contributed by atoms with Crippen molar-refractivity contribution in [3.05, 3.63) is 146 Å². The molecule has 0 saturated heterocycles. The third-order valence-electron chi connectivity index (χ3n) is 7.92. The molecule has 0 heterocycles. The van der Waals surface area contributed by atoms with Crippen LogP contribution in [0.1, 0.15) is 20.8 Å². The Bertz CT molecular complexity index is 1800. The predicted octanol–water partition coefficient (Wildman–Crippen LogP) is 9.12. The van der Waals surface area contributed by atoms with Gasteiger partial charge in [-0.05, 0) is 49.1 Å². The lowest BCUT2D eigenvalue weighted by Crippen LogP contribution is -2.68. The second-order valence-electron chi connectivity index (χ2n) is 11.4. The van der Waals surface area contributed by atoms with Crippen molar-refractivity contribution in [2.45, 2.75) is 25.8 Å². The van der Waals surface area contributed by atoms with Crippen LogP contribution in [0.5, 0.6) is 11.5 Å². The average molecular weight is 551 g/mol. The first-order valence-corrected chi connectivity index (χ1v) is 16.0. The molecular formula is C38H34O2Si. The van der Waals surface area contributed by atoms with E-state index in [1.54, 1.807) is 0 Å². The number of ether oxygens (including phenoxy) is 1. The maximum Gasteiger partial charge on any atom is 0.319 e. The molecule has 202 valence electrons. The minimum atomic E-state index is -2.91. The number of rotatable bonds is 7. The fraction of sp³-hybridized carbons (Fsp3) is 0.105. The van der Waals surface area contributed by atoms with E-state index in [0.29, 0.717) is 0 Å². The first-order valence-electron chi connectivity index (χ1n) is 14.1. The van der Waals surface area contributed by atoms with Crippen LogP contribution < -0.4 is 19.5 Å². The fourth-order valence-corrected chi connectivity index (χ4v) is 10.5. The molecule has 0 aromatic heterocycles. The lowest BCUT2D eigenvalue weighted by Gasteiger charge is -2.43. The summed E-state index contributed by atoms with van der Waals surface area (Å²) in [7, 11) is -2.91. The Labute approximate surface area is 243 Å². The van der Waals surface area contributed by atoms with Gasteiger partial charge in [-0.2, -0.15) is 0 Å². The Morgan fingerprint density at radius 2 is 0.976 bits per heavy atom. The zero-order chi connectivity index (χ0) is 28.5. The van der Waals surface area contributed by atoms with E-state index >= 15 is 0 Å². The summed E-state index contributed by atoms with van der Waals surface area (Å²) in [5.74, 6) is 1.60. The van der Waals surface area contributed by atoms with Crippen molar-refractivity contribution in [2.75, 3.05) is 0 Å². The molecule has 0 fully saturated rings. The predicted molar refractivity (Wildman–Crippen MR) is 176 cm³/mol. The summed E-state index contributed by atoms with van der Waals surface area (Å²) >= 11 is 0. The summed E-state index contributed by atoms with van der Waals surface area (Å²) < 4.78 is 13.8. The Hall–Kier alpha value is -4.60. The maximum atomic E-state index is 7.67. The summed E-state index contributed by atoms with van der Waals surface area (Å²) in [6, 6.07) is 47.0. The SMILES string of the molecule is C=COc1ccc2ccccc2c1-c1c(O[Si](c2ccccc2)(c2ccccc2)C(C)(C)C)ccc2ccccc12. The third kappa shape index (κ3) is 4.62. The van der Waals surface area contributed by atoms with Gasteiger partial charge in [0.15, 0.2) is 0 Å². The van der Waals surface area contributed by atoms with Crippen molar-refractivity contribution in [2.24, 2.45) is 0 Å². The van der Waals surface area contributed by atoms with Crippen LogP contribution in [-0.4, -0.2) is 8.32 Å². The second kappa shape index (κ2) is 10.8. The van der Waals surface area contributed by atoms with Crippen LogP contribution in [0.4, 0.5) is 0 Å². The monoisotopic (exact) mass is 550 g/mol. The molecule has 0 atom stereocenters. The van der Waals surface area contributed by atoms with Gasteiger partial charge in [0.2, 0.25) is 0 Å². The molecule has 0 saturated carbocycles. The molecule has 3 heteroatoms. The number of hydrogen-bond donors (Lipinski definition) is 0. The minimum absolute atomic E-state index is 0.183. The zero-order valence-corrected chi connectivity index (χ0v) is 24.8. The van der Waals surface area contributed by atoms with Gasteiger partial charge in [-0.3, -0.25) is 0 Å². The van der Waals surface area contributed by atoms with Crippen LogP contribution >= 0.6 is 0 Å². The second-order valence-corrected chi connectivity index (χ2v) is 15.6. The molecule has 6 rings (SSSR count). The topological polar surface area (TPSA) is 18.5 Å². The average Bonchev–Trinajstić information content (AvgIpc) is 3.00. The van der Waals surface area contributed by atoms with E-state index in [0.717, 1.165) is 44.2 Å². The van der Waals surface area contributed by atoms with E-state index in [1.807, 2.05) is 6.07 Å². The molecular weight excluding hydrogens is 517 g/mol. The van der Waals surface area contributed by atoms with Crippen molar-refractivity contribution < 1.29 is 9.16 Å². The molecule has 0 bridgehead atoms. The van der Waals surface area contributed by atoms with Gasteiger partial charge in [0.25, 0.3) is 0 Å². The summed E-state index contributed by atoms with van der Waals surface area (Å²) in [6.07, 6.45) is 1.50. The molecule has 41 heavy (non-hydrogen) atoms. The first kappa shape index (κ1) is 26.6. The molecule has 2 nitrogen and oxygen atoms in total. The summed E-state index contributed by atoms with van der Waals surface area (Å²) in [5, 5.41) is 6.80. The zero-order valence-electron chi connectivity index (χ0n) is 23.8.